The number of carbonyl (C=O) groups is 1. The van der Waals surface area contributed by atoms with E-state index in [2.05, 4.69) is 5.10 Å². The van der Waals surface area contributed by atoms with Crippen LogP contribution in [-0.4, -0.2) is 15.8 Å². The molecular weight excluding hydrogens is 264 g/mol. The Morgan fingerprint density at radius 1 is 1.15 bits per heavy atom. The summed E-state index contributed by atoms with van der Waals surface area (Å²) in [4.78, 5) is 11.4. The van der Waals surface area contributed by atoms with Gasteiger partial charge in [-0.05, 0) is 18.2 Å². The zero-order valence-electron chi connectivity index (χ0n) is 10.2. The summed E-state index contributed by atoms with van der Waals surface area (Å²) in [5, 5.41) is 4.39. The quantitative estimate of drug-likeness (QED) is 0.741. The van der Waals surface area contributed by atoms with Crippen LogP contribution < -0.4 is 5.73 Å². The van der Waals surface area contributed by atoms with Gasteiger partial charge in [-0.15, -0.1) is 0 Å². The molecule has 1 amide bonds. The largest absolute Gasteiger partial charge is 0.350 e. The molecule has 0 saturated carbocycles. The Morgan fingerprint density at radius 3 is 2.60 bits per heavy atom. The van der Waals surface area contributed by atoms with Gasteiger partial charge in [0.25, 0.3) is 0 Å². The number of hydrogen-bond donors (Lipinski definition) is 1. The highest BCUT2D eigenvalue weighted by Crippen LogP contribution is 2.29. The number of rotatable bonds is 1. The van der Waals surface area contributed by atoms with Crippen molar-refractivity contribution < 1.29 is 13.6 Å². The van der Waals surface area contributed by atoms with E-state index in [4.69, 9.17) is 5.73 Å². The van der Waals surface area contributed by atoms with Gasteiger partial charge in [0, 0.05) is 10.9 Å². The third-order valence-corrected chi connectivity index (χ3v) is 2.96. The highest BCUT2D eigenvalue weighted by molar-refractivity contribution is 5.98. The Morgan fingerprint density at radius 2 is 1.90 bits per heavy atom. The second-order valence-corrected chi connectivity index (χ2v) is 4.24. The first-order chi connectivity index (χ1) is 9.58. The van der Waals surface area contributed by atoms with Crippen LogP contribution in [0.3, 0.4) is 0 Å². The molecular formula is C14H9F2N3O. The Balaban J connectivity index is 2.38. The Kier molecular flexibility index (Phi) is 2.71. The standard InChI is InChI=1S/C14H9F2N3O/c15-9-4-1-3-8(7-9)12-10-5-2-6-11(16)13(10)19(18-12)14(17)20/h1-7H,(H2,17,20). The number of primary amides is 1. The van der Waals surface area contributed by atoms with Crippen molar-refractivity contribution >= 4 is 16.9 Å². The molecule has 0 aliphatic heterocycles. The maximum atomic E-state index is 13.9. The predicted octanol–water partition coefficient (Wildman–Crippen LogP) is 2.91. The Labute approximate surface area is 112 Å². The first-order valence-corrected chi connectivity index (χ1v) is 5.81. The van der Waals surface area contributed by atoms with Gasteiger partial charge < -0.3 is 5.73 Å². The molecule has 0 saturated heterocycles. The van der Waals surface area contributed by atoms with Crippen LogP contribution in [0.25, 0.3) is 22.2 Å². The maximum absolute atomic E-state index is 13.9. The number of amides is 1. The number of hydrogen-bond acceptors (Lipinski definition) is 2. The van der Waals surface area contributed by atoms with Crippen LogP contribution in [0.15, 0.2) is 42.5 Å². The minimum Gasteiger partial charge on any atom is -0.350 e. The molecule has 3 rings (SSSR count). The zero-order chi connectivity index (χ0) is 14.3. The summed E-state index contributed by atoms with van der Waals surface area (Å²) < 4.78 is 28.0. The predicted molar refractivity (Wildman–Crippen MR) is 70.1 cm³/mol. The number of halogens is 2. The van der Waals surface area contributed by atoms with Crippen LogP contribution in [0.4, 0.5) is 13.6 Å². The van der Waals surface area contributed by atoms with Crippen LogP contribution >= 0.6 is 0 Å². The normalized spacial score (nSPS) is 10.9. The first-order valence-electron chi connectivity index (χ1n) is 5.81. The smallest absolute Gasteiger partial charge is 0.340 e. The molecule has 0 atom stereocenters. The van der Waals surface area contributed by atoms with Gasteiger partial charge in [-0.1, -0.05) is 24.3 Å². The van der Waals surface area contributed by atoms with Gasteiger partial charge in [0.05, 0.1) is 0 Å². The van der Waals surface area contributed by atoms with Crippen molar-refractivity contribution in [1.29, 1.82) is 0 Å². The van der Waals surface area contributed by atoms with E-state index in [1.807, 2.05) is 0 Å². The monoisotopic (exact) mass is 273 g/mol. The van der Waals surface area contributed by atoms with Crippen molar-refractivity contribution in [2.24, 2.45) is 5.73 Å². The summed E-state index contributed by atoms with van der Waals surface area (Å²) in [5.74, 6) is -1.06. The molecule has 0 aliphatic carbocycles. The number of nitrogens with two attached hydrogens (primary N) is 1. The van der Waals surface area contributed by atoms with Crippen LogP contribution in [0.1, 0.15) is 0 Å². The van der Waals surface area contributed by atoms with E-state index in [1.54, 1.807) is 12.1 Å². The average Bonchev–Trinajstić information content (AvgIpc) is 2.80. The zero-order valence-corrected chi connectivity index (χ0v) is 10.2. The van der Waals surface area contributed by atoms with Gasteiger partial charge >= 0.3 is 6.03 Å². The Bertz CT molecular complexity index is 826. The minimum absolute atomic E-state index is 0.0146. The summed E-state index contributed by atoms with van der Waals surface area (Å²) >= 11 is 0. The molecule has 0 bridgehead atoms. The van der Waals surface area contributed by atoms with Gasteiger partial charge in [-0.25, -0.2) is 13.6 Å². The van der Waals surface area contributed by atoms with Crippen LogP contribution in [-0.2, 0) is 0 Å². The third kappa shape index (κ3) is 1.82. The molecule has 1 aromatic heterocycles. The molecule has 0 unspecified atom stereocenters. The SMILES string of the molecule is NC(=O)n1nc(-c2cccc(F)c2)c2cccc(F)c21. The molecule has 1 heterocycles. The van der Waals surface area contributed by atoms with Crippen LogP contribution in [0.2, 0.25) is 0 Å². The van der Waals surface area contributed by atoms with Crippen molar-refractivity contribution in [2.45, 2.75) is 0 Å². The summed E-state index contributed by atoms with van der Waals surface area (Å²) in [5.41, 5.74) is 5.92. The molecule has 0 fully saturated rings. The van der Waals surface area contributed by atoms with Gasteiger partial charge in [0.15, 0.2) is 0 Å². The Hall–Kier alpha value is -2.76. The molecule has 4 nitrogen and oxygen atoms in total. The molecule has 20 heavy (non-hydrogen) atoms. The summed E-state index contributed by atoms with van der Waals surface area (Å²) in [6, 6.07) is 9.09. The van der Waals surface area contributed by atoms with E-state index in [9.17, 15) is 13.6 Å². The lowest BCUT2D eigenvalue weighted by atomic mass is 10.1. The maximum Gasteiger partial charge on any atom is 0.340 e. The third-order valence-electron chi connectivity index (χ3n) is 2.96. The number of nitrogens with zero attached hydrogens (tertiary/aromatic N) is 2. The molecule has 0 radical (unpaired) electrons. The molecule has 3 aromatic rings. The topological polar surface area (TPSA) is 60.9 Å². The first kappa shape index (κ1) is 12.3. The van der Waals surface area contributed by atoms with Crippen molar-refractivity contribution in [2.75, 3.05) is 0 Å². The highest BCUT2D eigenvalue weighted by atomic mass is 19.1. The molecule has 2 aromatic carbocycles. The number of carbonyl (C=O) groups excluding carboxylic acids is 1. The average molecular weight is 273 g/mol. The van der Waals surface area contributed by atoms with E-state index in [0.717, 1.165) is 4.68 Å². The molecule has 0 spiro atoms. The van der Waals surface area contributed by atoms with Gasteiger partial charge in [0.1, 0.15) is 22.8 Å². The van der Waals surface area contributed by atoms with Gasteiger partial charge in [-0.3, -0.25) is 0 Å². The van der Waals surface area contributed by atoms with Crippen molar-refractivity contribution in [3.05, 3.63) is 54.1 Å². The van der Waals surface area contributed by atoms with Gasteiger partial charge in [-0.2, -0.15) is 9.78 Å². The van der Waals surface area contributed by atoms with Crippen LogP contribution in [0.5, 0.6) is 0 Å². The summed E-state index contributed by atoms with van der Waals surface area (Å²) in [7, 11) is 0. The van der Waals surface area contributed by atoms with E-state index in [0.29, 0.717) is 16.6 Å². The van der Waals surface area contributed by atoms with Crippen molar-refractivity contribution in [3.63, 3.8) is 0 Å². The van der Waals surface area contributed by atoms with E-state index in [-0.39, 0.29) is 5.52 Å². The van der Waals surface area contributed by atoms with Gasteiger partial charge in [0.2, 0.25) is 0 Å². The molecule has 0 aliphatic rings. The van der Waals surface area contributed by atoms with E-state index < -0.39 is 17.7 Å². The summed E-state index contributed by atoms with van der Waals surface area (Å²) in [6.07, 6.45) is 0. The second kappa shape index (κ2) is 4.41. The fourth-order valence-electron chi connectivity index (χ4n) is 2.13. The number of benzene rings is 2. The van der Waals surface area contributed by atoms with E-state index in [1.165, 1.54) is 30.3 Å². The lowest BCUT2D eigenvalue weighted by molar-refractivity contribution is 0.248. The van der Waals surface area contributed by atoms with Crippen molar-refractivity contribution in [3.8, 4) is 11.3 Å². The highest BCUT2D eigenvalue weighted by Gasteiger charge is 2.18. The number of aromatic nitrogens is 2. The lowest BCUT2D eigenvalue weighted by Crippen LogP contribution is -2.21. The number of fused-ring (bicyclic) bond motifs is 1. The van der Waals surface area contributed by atoms with Crippen LogP contribution in [0, 0.1) is 11.6 Å². The fraction of sp³-hybridized carbons (Fsp3) is 0. The van der Waals surface area contributed by atoms with E-state index >= 15 is 0 Å². The van der Waals surface area contributed by atoms with Crippen molar-refractivity contribution in [1.82, 2.24) is 9.78 Å². The number of para-hydroxylation sites is 1. The molecule has 6 heteroatoms. The lowest BCUT2D eigenvalue weighted by Gasteiger charge is -1.97. The summed E-state index contributed by atoms with van der Waals surface area (Å²) in [6.45, 7) is 0. The minimum atomic E-state index is -0.900. The molecule has 100 valence electrons. The fourth-order valence-corrected chi connectivity index (χ4v) is 2.13. The molecule has 2 N–H and O–H groups in total. The second-order valence-electron chi connectivity index (χ2n) is 4.24.